The number of aryl methyl sites for hydroxylation is 1. The predicted octanol–water partition coefficient (Wildman–Crippen LogP) is 3.53. The Morgan fingerprint density at radius 2 is 1.68 bits per heavy atom. The lowest BCUT2D eigenvalue weighted by molar-refractivity contribution is 0.104. The summed E-state index contributed by atoms with van der Waals surface area (Å²) in [6, 6.07) is 8.14. The zero-order chi connectivity index (χ0) is 18.4. The molecule has 0 aliphatic rings. The van der Waals surface area contributed by atoms with Gasteiger partial charge in [-0.1, -0.05) is 0 Å². The molecule has 2 aromatic carbocycles. The van der Waals surface area contributed by atoms with Crippen LogP contribution >= 0.6 is 0 Å². The van der Waals surface area contributed by atoms with Crippen molar-refractivity contribution in [3.8, 4) is 23.0 Å². The lowest BCUT2D eigenvalue weighted by atomic mass is 10.1. The zero-order valence-electron chi connectivity index (χ0n) is 14.6. The van der Waals surface area contributed by atoms with Crippen LogP contribution in [0, 0.1) is 6.92 Å². The van der Waals surface area contributed by atoms with E-state index in [1.165, 1.54) is 27.4 Å². The van der Waals surface area contributed by atoms with Crippen LogP contribution in [-0.4, -0.2) is 32.2 Å². The first-order chi connectivity index (χ1) is 12.0. The second-order valence-corrected chi connectivity index (χ2v) is 5.26. The fourth-order valence-electron chi connectivity index (χ4n) is 2.34. The average Bonchev–Trinajstić information content (AvgIpc) is 2.61. The summed E-state index contributed by atoms with van der Waals surface area (Å²) in [5, 5.41) is 12.4. The smallest absolute Gasteiger partial charge is 0.203 e. The Hall–Kier alpha value is -3.15. The van der Waals surface area contributed by atoms with Crippen LogP contribution in [0.1, 0.15) is 15.9 Å². The lowest BCUT2D eigenvalue weighted by Crippen LogP contribution is -2.01. The van der Waals surface area contributed by atoms with Gasteiger partial charge in [0.25, 0.3) is 0 Å². The molecular weight excluding hydrogens is 322 g/mol. The summed E-state index contributed by atoms with van der Waals surface area (Å²) in [7, 11) is 4.50. The predicted molar refractivity (Wildman–Crippen MR) is 96.0 cm³/mol. The number of carbonyl (C=O) groups is 1. The van der Waals surface area contributed by atoms with Crippen LogP contribution < -0.4 is 19.5 Å². The summed E-state index contributed by atoms with van der Waals surface area (Å²) in [6.07, 6.45) is 2.96. The second kappa shape index (κ2) is 8.10. The molecule has 0 radical (unpaired) electrons. The van der Waals surface area contributed by atoms with Gasteiger partial charge in [0.1, 0.15) is 5.75 Å². The zero-order valence-corrected chi connectivity index (χ0v) is 14.6. The maximum atomic E-state index is 12.4. The molecule has 0 heterocycles. The van der Waals surface area contributed by atoms with Gasteiger partial charge in [-0.2, -0.15) is 0 Å². The quantitative estimate of drug-likeness (QED) is 0.455. The van der Waals surface area contributed by atoms with E-state index < -0.39 is 0 Å². The van der Waals surface area contributed by atoms with Crippen LogP contribution in [0.15, 0.2) is 42.6 Å². The molecule has 2 aromatic rings. The third kappa shape index (κ3) is 4.23. The van der Waals surface area contributed by atoms with Crippen molar-refractivity contribution < 1.29 is 24.1 Å². The van der Waals surface area contributed by atoms with Crippen molar-refractivity contribution in [3.63, 3.8) is 0 Å². The minimum Gasteiger partial charge on any atom is -0.508 e. The monoisotopic (exact) mass is 343 g/mol. The summed E-state index contributed by atoms with van der Waals surface area (Å²) < 4.78 is 15.7. The van der Waals surface area contributed by atoms with Gasteiger partial charge in [0.15, 0.2) is 17.3 Å². The Bertz CT molecular complexity index is 773. The number of hydrogen-bond donors (Lipinski definition) is 2. The van der Waals surface area contributed by atoms with E-state index in [9.17, 15) is 9.90 Å². The highest BCUT2D eigenvalue weighted by atomic mass is 16.5. The summed E-state index contributed by atoms with van der Waals surface area (Å²) in [5.41, 5.74) is 2.08. The highest BCUT2D eigenvalue weighted by molar-refractivity contribution is 6.05. The van der Waals surface area contributed by atoms with Crippen LogP contribution in [-0.2, 0) is 0 Å². The third-order valence-corrected chi connectivity index (χ3v) is 3.63. The first-order valence-corrected chi connectivity index (χ1v) is 7.57. The van der Waals surface area contributed by atoms with Gasteiger partial charge in [-0.3, -0.25) is 4.79 Å². The molecule has 0 spiro atoms. The van der Waals surface area contributed by atoms with E-state index >= 15 is 0 Å². The third-order valence-electron chi connectivity index (χ3n) is 3.63. The van der Waals surface area contributed by atoms with E-state index in [1.807, 2.05) is 6.92 Å². The Labute approximate surface area is 146 Å². The highest BCUT2D eigenvalue weighted by Crippen LogP contribution is 2.38. The number of ether oxygens (including phenoxy) is 3. The summed E-state index contributed by atoms with van der Waals surface area (Å²) in [5.74, 6) is 1.24. The van der Waals surface area contributed by atoms with Crippen LogP contribution in [0.2, 0.25) is 0 Å². The standard InChI is InChI=1S/C19H21NO5/c1-12-9-14(21)5-6-15(12)20-8-7-16(22)13-10-17(23-2)19(25-4)18(11-13)24-3/h5-11,20-21H,1-4H3/b8-7+. The number of hydrogen-bond acceptors (Lipinski definition) is 6. The number of phenols is 1. The Balaban J connectivity index is 2.20. The van der Waals surface area contributed by atoms with E-state index in [1.54, 1.807) is 36.5 Å². The van der Waals surface area contributed by atoms with Gasteiger partial charge in [-0.25, -0.2) is 0 Å². The van der Waals surface area contributed by atoms with Crippen LogP contribution in [0.4, 0.5) is 5.69 Å². The number of nitrogens with one attached hydrogen (secondary N) is 1. The first-order valence-electron chi connectivity index (χ1n) is 7.57. The van der Waals surface area contributed by atoms with Crippen molar-refractivity contribution >= 4 is 11.5 Å². The van der Waals surface area contributed by atoms with Crippen molar-refractivity contribution in [2.45, 2.75) is 6.92 Å². The van der Waals surface area contributed by atoms with Crippen LogP contribution in [0.5, 0.6) is 23.0 Å². The maximum Gasteiger partial charge on any atom is 0.203 e. The minimum atomic E-state index is -0.219. The highest BCUT2D eigenvalue weighted by Gasteiger charge is 2.15. The van der Waals surface area contributed by atoms with Gasteiger partial charge in [-0.05, 0) is 42.8 Å². The van der Waals surface area contributed by atoms with E-state index in [4.69, 9.17) is 14.2 Å². The first kappa shape index (κ1) is 18.2. The number of allylic oxidation sites excluding steroid dienone is 1. The lowest BCUT2D eigenvalue weighted by Gasteiger charge is -2.13. The van der Waals surface area contributed by atoms with Crippen molar-refractivity contribution in [1.82, 2.24) is 0 Å². The fraction of sp³-hybridized carbons (Fsp3) is 0.211. The van der Waals surface area contributed by atoms with Crippen LogP contribution in [0.25, 0.3) is 0 Å². The van der Waals surface area contributed by atoms with E-state index in [0.717, 1.165) is 11.3 Å². The molecule has 6 heteroatoms. The molecule has 132 valence electrons. The topological polar surface area (TPSA) is 77.0 Å². The maximum absolute atomic E-state index is 12.4. The van der Waals surface area contributed by atoms with E-state index in [2.05, 4.69) is 5.32 Å². The van der Waals surface area contributed by atoms with Crippen molar-refractivity contribution in [2.75, 3.05) is 26.6 Å². The molecule has 0 saturated heterocycles. The molecule has 0 saturated carbocycles. The summed E-state index contributed by atoms with van der Waals surface area (Å²) >= 11 is 0. The minimum absolute atomic E-state index is 0.195. The summed E-state index contributed by atoms with van der Waals surface area (Å²) in [4.78, 5) is 12.4. The molecule has 6 nitrogen and oxygen atoms in total. The number of rotatable bonds is 7. The molecule has 0 unspecified atom stereocenters. The molecule has 0 aliphatic carbocycles. The number of benzene rings is 2. The fourth-order valence-corrected chi connectivity index (χ4v) is 2.34. The van der Waals surface area contributed by atoms with Gasteiger partial charge in [-0.15, -0.1) is 0 Å². The SMILES string of the molecule is COc1cc(C(=O)/C=C/Nc2ccc(O)cc2C)cc(OC)c1OC. The molecule has 2 rings (SSSR count). The Morgan fingerprint density at radius 3 is 2.20 bits per heavy atom. The summed E-state index contributed by atoms with van der Waals surface area (Å²) in [6.45, 7) is 1.86. The molecule has 0 aliphatic heterocycles. The van der Waals surface area contributed by atoms with Crippen molar-refractivity contribution in [1.29, 1.82) is 0 Å². The van der Waals surface area contributed by atoms with Gasteiger partial charge in [0.2, 0.25) is 5.75 Å². The number of aromatic hydroxyl groups is 1. The van der Waals surface area contributed by atoms with E-state index in [0.29, 0.717) is 22.8 Å². The molecular formula is C19H21NO5. The molecule has 0 amide bonds. The van der Waals surface area contributed by atoms with E-state index in [-0.39, 0.29) is 11.5 Å². The van der Waals surface area contributed by atoms with Crippen LogP contribution in [0.3, 0.4) is 0 Å². The Morgan fingerprint density at radius 1 is 1.04 bits per heavy atom. The normalized spacial score (nSPS) is 10.6. The molecule has 25 heavy (non-hydrogen) atoms. The number of methoxy groups -OCH3 is 3. The second-order valence-electron chi connectivity index (χ2n) is 5.26. The van der Waals surface area contributed by atoms with Crippen molar-refractivity contribution in [3.05, 3.63) is 53.7 Å². The van der Waals surface area contributed by atoms with Gasteiger partial charge in [0, 0.05) is 23.5 Å². The van der Waals surface area contributed by atoms with Crippen molar-refractivity contribution in [2.24, 2.45) is 0 Å². The van der Waals surface area contributed by atoms with Gasteiger partial charge < -0.3 is 24.6 Å². The van der Waals surface area contributed by atoms with Gasteiger partial charge >= 0.3 is 0 Å². The Kier molecular flexibility index (Phi) is 5.89. The number of ketones is 1. The largest absolute Gasteiger partial charge is 0.508 e. The molecule has 0 bridgehead atoms. The van der Waals surface area contributed by atoms with Gasteiger partial charge in [0.05, 0.1) is 21.3 Å². The number of anilines is 1. The molecule has 0 atom stereocenters. The molecule has 0 fully saturated rings. The molecule has 2 N–H and O–H groups in total. The average molecular weight is 343 g/mol. The number of carbonyl (C=O) groups excluding carboxylic acids is 1. The molecule has 0 aromatic heterocycles. The number of phenolic OH excluding ortho intramolecular Hbond substituents is 1.